The van der Waals surface area contributed by atoms with Crippen LogP contribution in [0.5, 0.6) is 5.75 Å². The third-order valence-electron chi connectivity index (χ3n) is 5.27. The van der Waals surface area contributed by atoms with E-state index in [1.165, 1.54) is 22.5 Å². The summed E-state index contributed by atoms with van der Waals surface area (Å²) in [7, 11) is -3.66. The van der Waals surface area contributed by atoms with Gasteiger partial charge in [-0.05, 0) is 49.9 Å². The van der Waals surface area contributed by atoms with Gasteiger partial charge in [-0.1, -0.05) is 36.7 Å². The van der Waals surface area contributed by atoms with Crippen molar-refractivity contribution in [3.05, 3.63) is 58.6 Å². The van der Waals surface area contributed by atoms with Crippen molar-refractivity contribution < 1.29 is 17.9 Å². The molecule has 0 spiro atoms. The van der Waals surface area contributed by atoms with Crippen LogP contribution in [0.4, 0.5) is 0 Å². The minimum atomic E-state index is -3.66. The zero-order chi connectivity index (χ0) is 21.7. The fourth-order valence-corrected chi connectivity index (χ4v) is 5.13. The summed E-state index contributed by atoms with van der Waals surface area (Å²) in [6.07, 6.45) is 1.67. The molecule has 1 aliphatic rings. The SMILES string of the molecule is CCOc1ccccc1CNC(=O)c1cc(S(=O)(=O)N2CCC(C)CC2)ccc1Cl. The summed E-state index contributed by atoms with van der Waals surface area (Å²) in [5.74, 6) is 0.778. The minimum Gasteiger partial charge on any atom is -0.494 e. The number of nitrogens with one attached hydrogen (secondary N) is 1. The normalized spacial score (nSPS) is 15.7. The maximum atomic E-state index is 13.0. The molecule has 0 aliphatic carbocycles. The van der Waals surface area contributed by atoms with Crippen molar-refractivity contribution in [1.82, 2.24) is 9.62 Å². The van der Waals surface area contributed by atoms with Gasteiger partial charge in [0.1, 0.15) is 5.75 Å². The van der Waals surface area contributed by atoms with Crippen molar-refractivity contribution in [2.45, 2.75) is 38.1 Å². The van der Waals surface area contributed by atoms with E-state index in [2.05, 4.69) is 12.2 Å². The van der Waals surface area contributed by atoms with Crippen LogP contribution in [0.1, 0.15) is 42.6 Å². The summed E-state index contributed by atoms with van der Waals surface area (Å²) in [6.45, 7) is 5.75. The van der Waals surface area contributed by atoms with Gasteiger partial charge in [0.2, 0.25) is 10.0 Å². The van der Waals surface area contributed by atoms with Crippen molar-refractivity contribution >= 4 is 27.5 Å². The number of amides is 1. The van der Waals surface area contributed by atoms with Crippen LogP contribution in [-0.2, 0) is 16.6 Å². The molecule has 30 heavy (non-hydrogen) atoms. The van der Waals surface area contributed by atoms with Crippen LogP contribution in [0, 0.1) is 5.92 Å². The lowest BCUT2D eigenvalue weighted by molar-refractivity contribution is 0.0950. The fourth-order valence-electron chi connectivity index (χ4n) is 3.43. The number of rotatable bonds is 7. The monoisotopic (exact) mass is 450 g/mol. The predicted molar refractivity (Wildman–Crippen MR) is 117 cm³/mol. The molecule has 1 saturated heterocycles. The van der Waals surface area contributed by atoms with Crippen molar-refractivity contribution in [2.24, 2.45) is 5.92 Å². The summed E-state index contributed by atoms with van der Waals surface area (Å²) in [6, 6.07) is 11.7. The van der Waals surface area contributed by atoms with Crippen molar-refractivity contribution in [1.29, 1.82) is 0 Å². The van der Waals surface area contributed by atoms with E-state index in [4.69, 9.17) is 16.3 Å². The Morgan fingerprint density at radius 3 is 2.60 bits per heavy atom. The van der Waals surface area contributed by atoms with Crippen LogP contribution < -0.4 is 10.1 Å². The number of hydrogen-bond donors (Lipinski definition) is 1. The second kappa shape index (κ2) is 9.81. The summed E-state index contributed by atoms with van der Waals surface area (Å²) < 4.78 is 33.1. The lowest BCUT2D eigenvalue weighted by Crippen LogP contribution is -2.38. The molecule has 1 aliphatic heterocycles. The molecule has 6 nitrogen and oxygen atoms in total. The minimum absolute atomic E-state index is 0.0846. The Morgan fingerprint density at radius 2 is 1.90 bits per heavy atom. The second-order valence-corrected chi connectivity index (χ2v) is 9.80. The van der Waals surface area contributed by atoms with Gasteiger partial charge in [0.05, 0.1) is 22.1 Å². The Kier molecular flexibility index (Phi) is 7.39. The van der Waals surface area contributed by atoms with E-state index < -0.39 is 15.9 Å². The fraction of sp³-hybridized carbons (Fsp3) is 0.409. The number of piperidine rings is 1. The Bertz CT molecular complexity index is 1000. The second-order valence-electron chi connectivity index (χ2n) is 7.45. The third kappa shape index (κ3) is 5.14. The smallest absolute Gasteiger partial charge is 0.253 e. The van der Waals surface area contributed by atoms with Gasteiger partial charge in [-0.2, -0.15) is 4.31 Å². The maximum Gasteiger partial charge on any atom is 0.253 e. The van der Waals surface area contributed by atoms with Gasteiger partial charge >= 0.3 is 0 Å². The molecule has 0 saturated carbocycles. The predicted octanol–water partition coefficient (Wildman–Crippen LogP) is 4.09. The number of benzene rings is 2. The number of carbonyl (C=O) groups excluding carboxylic acids is 1. The molecule has 1 N–H and O–H groups in total. The quantitative estimate of drug-likeness (QED) is 0.689. The number of hydrogen-bond acceptors (Lipinski definition) is 4. The van der Waals surface area contributed by atoms with Crippen LogP contribution in [0.2, 0.25) is 5.02 Å². The Morgan fingerprint density at radius 1 is 1.20 bits per heavy atom. The van der Waals surface area contributed by atoms with Crippen molar-refractivity contribution in [3.63, 3.8) is 0 Å². The van der Waals surface area contributed by atoms with Gasteiger partial charge < -0.3 is 10.1 Å². The van der Waals surface area contributed by atoms with Gasteiger partial charge in [-0.25, -0.2) is 8.42 Å². The van der Waals surface area contributed by atoms with E-state index in [-0.39, 0.29) is 22.0 Å². The van der Waals surface area contributed by atoms with Crippen LogP contribution in [0.15, 0.2) is 47.4 Å². The molecule has 0 atom stereocenters. The molecule has 1 amide bonds. The van der Waals surface area contributed by atoms with Crippen LogP contribution in [0.25, 0.3) is 0 Å². The Balaban J connectivity index is 1.77. The Labute approximate surface area is 183 Å². The summed E-state index contributed by atoms with van der Waals surface area (Å²) >= 11 is 6.21. The first-order valence-corrected chi connectivity index (χ1v) is 11.9. The number of nitrogens with zero attached hydrogens (tertiary/aromatic N) is 1. The van der Waals surface area contributed by atoms with E-state index >= 15 is 0 Å². The van der Waals surface area contributed by atoms with Crippen molar-refractivity contribution in [2.75, 3.05) is 19.7 Å². The van der Waals surface area contributed by atoms with Gasteiger partial charge in [-0.3, -0.25) is 4.79 Å². The summed E-state index contributed by atoms with van der Waals surface area (Å²) in [5, 5.41) is 3.01. The average Bonchev–Trinajstić information content (AvgIpc) is 2.73. The topological polar surface area (TPSA) is 75.7 Å². The summed E-state index contributed by atoms with van der Waals surface area (Å²) in [4.78, 5) is 12.8. The van der Waals surface area contributed by atoms with E-state index in [0.717, 1.165) is 18.4 Å². The molecule has 0 aromatic heterocycles. The highest BCUT2D eigenvalue weighted by Gasteiger charge is 2.29. The molecule has 8 heteroatoms. The number of sulfonamides is 1. The molecular formula is C22H27ClN2O4S. The molecule has 2 aromatic carbocycles. The zero-order valence-corrected chi connectivity index (χ0v) is 18.8. The Hall–Kier alpha value is -2.09. The highest BCUT2D eigenvalue weighted by molar-refractivity contribution is 7.89. The van der Waals surface area contributed by atoms with E-state index in [1.54, 1.807) is 0 Å². The van der Waals surface area contributed by atoms with Crippen LogP contribution in [-0.4, -0.2) is 38.3 Å². The highest BCUT2D eigenvalue weighted by Crippen LogP contribution is 2.27. The standard InChI is InChI=1S/C22H27ClN2O4S/c1-3-29-21-7-5-4-6-17(21)15-24-22(26)19-14-18(8-9-20(19)23)30(27,28)25-12-10-16(2)11-13-25/h4-9,14,16H,3,10-13,15H2,1-2H3,(H,24,26). The van der Waals surface area contributed by atoms with E-state index in [9.17, 15) is 13.2 Å². The van der Waals surface area contributed by atoms with Crippen molar-refractivity contribution in [3.8, 4) is 5.75 Å². The zero-order valence-electron chi connectivity index (χ0n) is 17.2. The summed E-state index contributed by atoms with van der Waals surface area (Å²) in [5.41, 5.74) is 0.965. The van der Waals surface area contributed by atoms with Crippen LogP contribution in [0.3, 0.4) is 0 Å². The third-order valence-corrected chi connectivity index (χ3v) is 7.50. The first kappa shape index (κ1) is 22.6. The van der Waals surface area contributed by atoms with Gasteiger partial charge in [-0.15, -0.1) is 0 Å². The first-order chi connectivity index (χ1) is 14.3. The maximum absolute atomic E-state index is 13.0. The molecule has 3 rings (SSSR count). The first-order valence-electron chi connectivity index (χ1n) is 10.1. The lowest BCUT2D eigenvalue weighted by Gasteiger charge is -2.29. The number of para-hydroxylation sites is 1. The molecule has 2 aromatic rings. The number of halogens is 1. The molecular weight excluding hydrogens is 424 g/mol. The van der Waals surface area contributed by atoms with Crippen LogP contribution >= 0.6 is 11.6 Å². The molecule has 0 bridgehead atoms. The molecule has 1 heterocycles. The highest BCUT2D eigenvalue weighted by atomic mass is 35.5. The van der Waals surface area contributed by atoms with E-state index in [0.29, 0.717) is 31.4 Å². The number of ether oxygens (including phenoxy) is 1. The lowest BCUT2D eigenvalue weighted by atomic mass is 10.0. The molecule has 0 unspecified atom stereocenters. The van der Waals surface area contributed by atoms with Gasteiger partial charge in [0.25, 0.3) is 5.91 Å². The van der Waals surface area contributed by atoms with Gasteiger partial charge in [0.15, 0.2) is 0 Å². The van der Waals surface area contributed by atoms with E-state index in [1.807, 2.05) is 31.2 Å². The largest absolute Gasteiger partial charge is 0.494 e. The molecule has 162 valence electrons. The average molecular weight is 451 g/mol. The molecule has 1 fully saturated rings. The number of carbonyl (C=O) groups is 1. The van der Waals surface area contributed by atoms with Gasteiger partial charge in [0, 0.05) is 25.2 Å². The molecule has 0 radical (unpaired) electrons.